The highest BCUT2D eigenvalue weighted by atomic mass is 16.3. The standard InChI is InChI=1S/C6H9NO/c7-4-5-2-1-3-6(5)8/h5-6,8H,1-3H2. The van der Waals surface area contributed by atoms with Crippen molar-refractivity contribution < 1.29 is 5.11 Å². The van der Waals surface area contributed by atoms with Crippen molar-refractivity contribution in [3.63, 3.8) is 0 Å². The molecular weight excluding hydrogens is 102 g/mol. The predicted molar refractivity (Wildman–Crippen MR) is 29.0 cm³/mol. The monoisotopic (exact) mass is 111 g/mol. The third kappa shape index (κ3) is 0.823. The molecule has 2 atom stereocenters. The van der Waals surface area contributed by atoms with E-state index in [-0.39, 0.29) is 12.0 Å². The zero-order chi connectivity index (χ0) is 5.98. The smallest absolute Gasteiger partial charge is 0.0722 e. The van der Waals surface area contributed by atoms with Gasteiger partial charge < -0.3 is 5.11 Å². The minimum atomic E-state index is -0.333. The van der Waals surface area contributed by atoms with Gasteiger partial charge in [0, 0.05) is 0 Å². The molecule has 8 heavy (non-hydrogen) atoms. The van der Waals surface area contributed by atoms with E-state index in [1.165, 1.54) is 0 Å². The summed E-state index contributed by atoms with van der Waals surface area (Å²) in [5, 5.41) is 17.3. The van der Waals surface area contributed by atoms with E-state index in [4.69, 9.17) is 10.4 Å². The van der Waals surface area contributed by atoms with E-state index >= 15 is 0 Å². The molecule has 0 aromatic heterocycles. The fourth-order valence-corrected chi connectivity index (χ4v) is 1.09. The molecule has 0 aromatic rings. The first-order valence-electron chi connectivity index (χ1n) is 2.92. The number of hydrogen-bond acceptors (Lipinski definition) is 2. The summed E-state index contributed by atoms with van der Waals surface area (Å²) >= 11 is 0. The molecule has 0 heterocycles. The summed E-state index contributed by atoms with van der Waals surface area (Å²) in [6.07, 6.45) is 2.38. The van der Waals surface area contributed by atoms with Gasteiger partial charge in [-0.25, -0.2) is 0 Å². The molecule has 0 saturated heterocycles. The number of nitriles is 1. The van der Waals surface area contributed by atoms with Crippen LogP contribution in [0.4, 0.5) is 0 Å². The normalized spacial score (nSPS) is 37.0. The zero-order valence-electron chi connectivity index (χ0n) is 4.67. The summed E-state index contributed by atoms with van der Waals surface area (Å²) < 4.78 is 0. The van der Waals surface area contributed by atoms with Crippen LogP contribution in [0.25, 0.3) is 0 Å². The lowest BCUT2D eigenvalue weighted by Gasteiger charge is -2.01. The third-order valence-electron chi connectivity index (χ3n) is 1.65. The zero-order valence-corrected chi connectivity index (χ0v) is 4.67. The van der Waals surface area contributed by atoms with Gasteiger partial charge in [-0.2, -0.15) is 5.26 Å². The molecule has 0 spiro atoms. The molecule has 1 aliphatic carbocycles. The number of aliphatic hydroxyl groups excluding tert-OH is 1. The molecule has 1 N–H and O–H groups in total. The molecule has 2 heteroatoms. The van der Waals surface area contributed by atoms with Crippen LogP contribution in [0.3, 0.4) is 0 Å². The summed E-state index contributed by atoms with van der Waals surface area (Å²) in [4.78, 5) is 0. The van der Waals surface area contributed by atoms with Gasteiger partial charge in [0.05, 0.1) is 18.1 Å². The average Bonchev–Trinajstić information content (AvgIpc) is 2.14. The predicted octanol–water partition coefficient (Wildman–Crippen LogP) is 0.671. The summed E-state index contributed by atoms with van der Waals surface area (Å²) in [7, 11) is 0. The highest BCUT2D eigenvalue weighted by Gasteiger charge is 2.24. The Morgan fingerprint density at radius 2 is 2.25 bits per heavy atom. The van der Waals surface area contributed by atoms with E-state index in [0.29, 0.717) is 0 Å². The second kappa shape index (κ2) is 2.15. The lowest BCUT2D eigenvalue weighted by atomic mass is 10.1. The van der Waals surface area contributed by atoms with Gasteiger partial charge in [-0.3, -0.25) is 0 Å². The van der Waals surface area contributed by atoms with Crippen LogP contribution in [-0.4, -0.2) is 11.2 Å². The van der Waals surface area contributed by atoms with E-state index in [1.54, 1.807) is 0 Å². The molecule has 0 radical (unpaired) electrons. The van der Waals surface area contributed by atoms with Crippen LogP contribution < -0.4 is 0 Å². The summed E-state index contributed by atoms with van der Waals surface area (Å²) in [6.45, 7) is 0. The minimum Gasteiger partial charge on any atom is -0.392 e. The Labute approximate surface area is 48.7 Å². The van der Waals surface area contributed by atoms with Gasteiger partial charge in [0.25, 0.3) is 0 Å². The fraction of sp³-hybridized carbons (Fsp3) is 0.833. The highest BCUT2D eigenvalue weighted by Crippen LogP contribution is 2.23. The highest BCUT2D eigenvalue weighted by molar-refractivity contribution is 4.92. The molecular formula is C6H9NO. The Kier molecular flexibility index (Phi) is 1.50. The maximum absolute atomic E-state index is 8.97. The Morgan fingerprint density at radius 3 is 2.50 bits per heavy atom. The largest absolute Gasteiger partial charge is 0.392 e. The minimum absolute atomic E-state index is 0.0741. The lowest BCUT2D eigenvalue weighted by molar-refractivity contribution is 0.156. The summed E-state index contributed by atoms with van der Waals surface area (Å²) in [5.41, 5.74) is 0. The van der Waals surface area contributed by atoms with Crippen LogP contribution in [0.1, 0.15) is 19.3 Å². The van der Waals surface area contributed by atoms with Gasteiger partial charge in [-0.1, -0.05) is 0 Å². The number of rotatable bonds is 0. The molecule has 44 valence electrons. The van der Waals surface area contributed by atoms with Gasteiger partial charge >= 0.3 is 0 Å². The van der Waals surface area contributed by atoms with Crippen LogP contribution >= 0.6 is 0 Å². The van der Waals surface area contributed by atoms with Gasteiger partial charge in [0.1, 0.15) is 0 Å². The molecule has 2 unspecified atom stereocenters. The molecule has 0 bridgehead atoms. The van der Waals surface area contributed by atoms with Crippen LogP contribution in [0.5, 0.6) is 0 Å². The van der Waals surface area contributed by atoms with Crippen molar-refractivity contribution in [1.82, 2.24) is 0 Å². The molecule has 0 amide bonds. The first kappa shape index (κ1) is 5.58. The van der Waals surface area contributed by atoms with Gasteiger partial charge in [-0.15, -0.1) is 0 Å². The van der Waals surface area contributed by atoms with E-state index in [0.717, 1.165) is 19.3 Å². The van der Waals surface area contributed by atoms with Gasteiger partial charge in [0.2, 0.25) is 0 Å². The molecule has 2 nitrogen and oxygen atoms in total. The van der Waals surface area contributed by atoms with E-state index in [9.17, 15) is 0 Å². The fourth-order valence-electron chi connectivity index (χ4n) is 1.09. The van der Waals surface area contributed by atoms with Gasteiger partial charge in [0.15, 0.2) is 0 Å². The van der Waals surface area contributed by atoms with Crippen LogP contribution in [0.15, 0.2) is 0 Å². The Hall–Kier alpha value is -0.550. The Balaban J connectivity index is 2.45. The topological polar surface area (TPSA) is 44.0 Å². The van der Waals surface area contributed by atoms with Crippen LogP contribution in [0.2, 0.25) is 0 Å². The second-order valence-electron chi connectivity index (χ2n) is 2.23. The number of aliphatic hydroxyl groups is 1. The summed E-state index contributed by atoms with van der Waals surface area (Å²) in [6, 6.07) is 2.06. The molecule has 1 aliphatic rings. The maximum atomic E-state index is 8.97. The molecule has 0 aromatic carbocycles. The lowest BCUT2D eigenvalue weighted by Crippen LogP contribution is -2.09. The SMILES string of the molecule is N#CC1CCCC1O. The van der Waals surface area contributed by atoms with Crippen molar-refractivity contribution in [3.05, 3.63) is 0 Å². The van der Waals surface area contributed by atoms with E-state index in [2.05, 4.69) is 6.07 Å². The van der Waals surface area contributed by atoms with Crippen molar-refractivity contribution >= 4 is 0 Å². The van der Waals surface area contributed by atoms with Gasteiger partial charge in [-0.05, 0) is 19.3 Å². The van der Waals surface area contributed by atoms with Crippen molar-refractivity contribution in [2.24, 2.45) is 5.92 Å². The van der Waals surface area contributed by atoms with E-state index < -0.39 is 0 Å². The Morgan fingerprint density at radius 1 is 1.50 bits per heavy atom. The van der Waals surface area contributed by atoms with Crippen LogP contribution in [-0.2, 0) is 0 Å². The van der Waals surface area contributed by atoms with Crippen molar-refractivity contribution in [1.29, 1.82) is 5.26 Å². The van der Waals surface area contributed by atoms with Crippen molar-refractivity contribution in [2.75, 3.05) is 0 Å². The first-order chi connectivity index (χ1) is 3.84. The number of nitrogens with zero attached hydrogens (tertiary/aromatic N) is 1. The first-order valence-corrected chi connectivity index (χ1v) is 2.92. The van der Waals surface area contributed by atoms with E-state index in [1.807, 2.05) is 0 Å². The average molecular weight is 111 g/mol. The molecule has 1 saturated carbocycles. The van der Waals surface area contributed by atoms with Crippen molar-refractivity contribution in [3.8, 4) is 6.07 Å². The third-order valence-corrected chi connectivity index (χ3v) is 1.65. The van der Waals surface area contributed by atoms with Crippen molar-refractivity contribution in [2.45, 2.75) is 25.4 Å². The molecule has 1 fully saturated rings. The molecule has 0 aliphatic heterocycles. The number of hydrogen-bond donors (Lipinski definition) is 1. The Bertz CT molecular complexity index is 116. The summed E-state index contributed by atoms with van der Waals surface area (Å²) in [5.74, 6) is -0.0741. The molecule has 1 rings (SSSR count). The maximum Gasteiger partial charge on any atom is 0.0722 e. The quantitative estimate of drug-likeness (QED) is 0.499. The van der Waals surface area contributed by atoms with Crippen LogP contribution in [0, 0.1) is 17.2 Å². The second-order valence-corrected chi connectivity index (χ2v) is 2.23.